The van der Waals surface area contributed by atoms with Gasteiger partial charge in [0.15, 0.2) is 0 Å². The van der Waals surface area contributed by atoms with Crippen molar-refractivity contribution in [2.24, 2.45) is 0 Å². The minimum absolute atomic E-state index is 0.445. The smallest absolute Gasteiger partial charge is 0.126 e. The Hall–Kier alpha value is -1.52. The maximum Gasteiger partial charge on any atom is 0.126 e. The zero-order chi connectivity index (χ0) is 14.5. The summed E-state index contributed by atoms with van der Waals surface area (Å²) >= 11 is 3.41. The van der Waals surface area contributed by atoms with Crippen molar-refractivity contribution in [2.75, 3.05) is 7.11 Å². The van der Waals surface area contributed by atoms with Gasteiger partial charge in [-0.1, -0.05) is 34.1 Å². The third kappa shape index (κ3) is 3.74. The van der Waals surface area contributed by atoms with Crippen molar-refractivity contribution in [2.45, 2.75) is 19.6 Å². The monoisotopic (exact) mass is 336 g/mol. The number of hydrogen-bond acceptors (Lipinski definition) is 3. The van der Waals surface area contributed by atoms with E-state index in [9.17, 15) is 5.11 Å². The number of rotatable bonds is 5. The number of halogens is 1. The van der Waals surface area contributed by atoms with E-state index in [1.807, 2.05) is 42.5 Å². The molecular formula is C16H17BrO3. The quantitative estimate of drug-likeness (QED) is 0.893. The fraction of sp³-hybridized carbons (Fsp3) is 0.250. The number of hydrogen-bond donors (Lipinski definition) is 1. The van der Waals surface area contributed by atoms with E-state index < -0.39 is 6.10 Å². The maximum atomic E-state index is 9.75. The second-order valence-electron chi connectivity index (χ2n) is 4.49. The van der Waals surface area contributed by atoms with Crippen LogP contribution in [0.3, 0.4) is 0 Å². The topological polar surface area (TPSA) is 38.7 Å². The van der Waals surface area contributed by atoms with E-state index in [-0.39, 0.29) is 0 Å². The Balaban J connectivity index is 2.11. The average Bonchev–Trinajstić information content (AvgIpc) is 2.45. The van der Waals surface area contributed by atoms with Gasteiger partial charge in [-0.05, 0) is 36.8 Å². The minimum Gasteiger partial charge on any atom is -0.497 e. The van der Waals surface area contributed by atoms with Crippen LogP contribution in [0.15, 0.2) is 46.9 Å². The first-order chi connectivity index (χ1) is 9.60. The third-order valence-electron chi connectivity index (χ3n) is 2.98. The zero-order valence-corrected chi connectivity index (χ0v) is 13.1. The lowest BCUT2D eigenvalue weighted by atomic mass is 10.1. The molecule has 0 bridgehead atoms. The average molecular weight is 337 g/mol. The maximum absolute atomic E-state index is 9.75. The molecule has 1 atom stereocenters. The summed E-state index contributed by atoms with van der Waals surface area (Å²) in [5.74, 6) is 1.51. The van der Waals surface area contributed by atoms with Gasteiger partial charge in [0, 0.05) is 10.0 Å². The number of benzene rings is 2. The molecule has 0 aliphatic rings. The lowest BCUT2D eigenvalue weighted by molar-refractivity contribution is 0.190. The zero-order valence-electron chi connectivity index (χ0n) is 11.5. The van der Waals surface area contributed by atoms with Crippen molar-refractivity contribution < 1.29 is 14.6 Å². The summed E-state index contributed by atoms with van der Waals surface area (Å²) in [6.45, 7) is 2.17. The molecular weight excluding hydrogens is 320 g/mol. The highest BCUT2D eigenvalue weighted by Crippen LogP contribution is 2.29. The van der Waals surface area contributed by atoms with Crippen molar-refractivity contribution in [1.29, 1.82) is 0 Å². The molecule has 0 heterocycles. The van der Waals surface area contributed by atoms with Gasteiger partial charge in [0.1, 0.15) is 18.1 Å². The molecule has 1 N–H and O–H groups in total. The molecule has 2 aromatic carbocycles. The molecule has 4 heteroatoms. The first-order valence-corrected chi connectivity index (χ1v) is 7.12. The SMILES string of the molecule is COc1ccc(COc2cc(Br)ccc2C(C)O)cc1. The van der Waals surface area contributed by atoms with Gasteiger partial charge in [0.2, 0.25) is 0 Å². The summed E-state index contributed by atoms with van der Waals surface area (Å²) in [7, 11) is 1.64. The summed E-state index contributed by atoms with van der Waals surface area (Å²) < 4.78 is 11.8. The second-order valence-corrected chi connectivity index (χ2v) is 5.41. The van der Waals surface area contributed by atoms with Crippen molar-refractivity contribution in [3.8, 4) is 11.5 Å². The molecule has 0 aromatic heterocycles. The van der Waals surface area contributed by atoms with Crippen LogP contribution in [0.25, 0.3) is 0 Å². The molecule has 0 amide bonds. The van der Waals surface area contributed by atoms with Crippen LogP contribution >= 0.6 is 15.9 Å². The molecule has 0 aliphatic heterocycles. The van der Waals surface area contributed by atoms with E-state index >= 15 is 0 Å². The van der Waals surface area contributed by atoms with E-state index in [0.29, 0.717) is 12.4 Å². The Morgan fingerprint density at radius 2 is 1.85 bits per heavy atom. The first kappa shape index (κ1) is 14.9. The van der Waals surface area contributed by atoms with Gasteiger partial charge in [-0.3, -0.25) is 0 Å². The highest BCUT2D eigenvalue weighted by atomic mass is 79.9. The first-order valence-electron chi connectivity index (χ1n) is 6.33. The molecule has 0 radical (unpaired) electrons. The predicted molar refractivity (Wildman–Crippen MR) is 82.1 cm³/mol. The van der Waals surface area contributed by atoms with Gasteiger partial charge in [0.25, 0.3) is 0 Å². The van der Waals surface area contributed by atoms with Gasteiger partial charge in [0.05, 0.1) is 13.2 Å². The Labute approximate surface area is 127 Å². The van der Waals surface area contributed by atoms with E-state index in [1.54, 1.807) is 14.0 Å². The van der Waals surface area contributed by atoms with E-state index in [2.05, 4.69) is 15.9 Å². The Morgan fingerprint density at radius 3 is 2.45 bits per heavy atom. The normalized spacial score (nSPS) is 12.0. The molecule has 2 rings (SSSR count). The Kier molecular flexibility index (Phi) is 5.04. The summed E-state index contributed by atoms with van der Waals surface area (Å²) in [5, 5.41) is 9.75. The second kappa shape index (κ2) is 6.77. The van der Waals surface area contributed by atoms with Gasteiger partial charge >= 0.3 is 0 Å². The Bertz CT molecular complexity index is 564. The van der Waals surface area contributed by atoms with Crippen molar-refractivity contribution >= 4 is 15.9 Å². The number of aliphatic hydroxyl groups is 1. The standard InChI is InChI=1S/C16H17BrO3/c1-11(18)15-8-5-13(17)9-16(15)20-10-12-3-6-14(19-2)7-4-12/h3-9,11,18H,10H2,1-2H3. The molecule has 0 fully saturated rings. The molecule has 3 nitrogen and oxygen atoms in total. The van der Waals surface area contributed by atoms with Crippen LogP contribution in [0.4, 0.5) is 0 Å². The van der Waals surface area contributed by atoms with E-state index in [4.69, 9.17) is 9.47 Å². The van der Waals surface area contributed by atoms with Crippen LogP contribution in [-0.4, -0.2) is 12.2 Å². The van der Waals surface area contributed by atoms with Crippen molar-refractivity contribution in [1.82, 2.24) is 0 Å². The summed E-state index contributed by atoms with van der Waals surface area (Å²) in [6, 6.07) is 13.3. The van der Waals surface area contributed by atoms with Crippen LogP contribution in [0, 0.1) is 0 Å². The van der Waals surface area contributed by atoms with Crippen molar-refractivity contribution in [3.05, 3.63) is 58.1 Å². The van der Waals surface area contributed by atoms with Crippen LogP contribution in [0.2, 0.25) is 0 Å². The fourth-order valence-electron chi connectivity index (χ4n) is 1.86. The number of methoxy groups -OCH3 is 1. The molecule has 20 heavy (non-hydrogen) atoms. The molecule has 2 aromatic rings. The van der Waals surface area contributed by atoms with E-state index in [1.165, 1.54) is 0 Å². The lowest BCUT2D eigenvalue weighted by Crippen LogP contribution is -2.01. The molecule has 106 valence electrons. The molecule has 1 unspecified atom stereocenters. The van der Waals surface area contributed by atoms with Gasteiger partial charge in [-0.25, -0.2) is 0 Å². The third-order valence-corrected chi connectivity index (χ3v) is 3.47. The highest BCUT2D eigenvalue weighted by molar-refractivity contribution is 9.10. The van der Waals surface area contributed by atoms with Crippen LogP contribution in [0.1, 0.15) is 24.2 Å². The molecule has 0 spiro atoms. The summed E-state index contributed by atoms with van der Waals surface area (Å²) in [5.41, 5.74) is 1.82. The van der Waals surface area contributed by atoms with E-state index in [0.717, 1.165) is 21.3 Å². The largest absolute Gasteiger partial charge is 0.497 e. The highest BCUT2D eigenvalue weighted by Gasteiger charge is 2.10. The molecule has 0 aliphatic carbocycles. The fourth-order valence-corrected chi connectivity index (χ4v) is 2.20. The predicted octanol–water partition coefficient (Wildman–Crippen LogP) is 4.09. The number of aliphatic hydroxyl groups excluding tert-OH is 1. The van der Waals surface area contributed by atoms with Crippen LogP contribution in [0.5, 0.6) is 11.5 Å². The van der Waals surface area contributed by atoms with Gasteiger partial charge in [-0.2, -0.15) is 0 Å². The summed E-state index contributed by atoms with van der Waals surface area (Å²) in [6.07, 6.45) is -0.561. The van der Waals surface area contributed by atoms with Crippen LogP contribution < -0.4 is 9.47 Å². The minimum atomic E-state index is -0.561. The van der Waals surface area contributed by atoms with Gasteiger partial charge in [-0.15, -0.1) is 0 Å². The molecule has 0 saturated carbocycles. The molecule has 0 saturated heterocycles. The van der Waals surface area contributed by atoms with Crippen LogP contribution in [-0.2, 0) is 6.61 Å². The number of ether oxygens (including phenoxy) is 2. The van der Waals surface area contributed by atoms with Crippen molar-refractivity contribution in [3.63, 3.8) is 0 Å². The lowest BCUT2D eigenvalue weighted by Gasteiger charge is -2.14. The Morgan fingerprint density at radius 1 is 1.15 bits per heavy atom. The summed E-state index contributed by atoms with van der Waals surface area (Å²) in [4.78, 5) is 0. The van der Waals surface area contributed by atoms with Gasteiger partial charge < -0.3 is 14.6 Å².